The van der Waals surface area contributed by atoms with Crippen LogP contribution in [0.4, 0.5) is 0 Å². The fourth-order valence-corrected chi connectivity index (χ4v) is 12.9. The van der Waals surface area contributed by atoms with Crippen molar-refractivity contribution in [2.24, 2.45) is 11.8 Å². The smallest absolute Gasteiger partial charge is 0.303 e. The van der Waals surface area contributed by atoms with Gasteiger partial charge in [-0.2, -0.15) is 0 Å². The topological polar surface area (TPSA) is 32.3 Å². The molecule has 13 rings (SSSR count). The molecule has 4 saturated carbocycles. The third kappa shape index (κ3) is 13.2. The van der Waals surface area contributed by atoms with Crippen LogP contribution in [-0.4, -0.2) is 59.0 Å². The standard InChI is InChI=1S/C56H52N4S2.2C5H5.2Fe/c1-37-27-31-59(32-28-37)35-41-15-9-17-43(41)55-47-21-19-45(57-47)53(39-11-5-3-6-12-39)49-23-24-50(61-49)54(40-13-7-4-8-14-40)46-20-22-48(58-46)56(52-26-25-51(55)62-52)44-18-10-16-42(44)36-60-33-29-38(2)30-34-60;2*1-2-4-5-3-1;;/h3-26,37-38H,27-36H2,1-2H3;2*1-5H;;/q;;;2*+2. The van der Waals surface area contributed by atoms with Crippen molar-refractivity contribution in [1.82, 2.24) is 19.8 Å². The second kappa shape index (κ2) is 26.9. The summed E-state index contributed by atoms with van der Waals surface area (Å²) in [7, 11) is 0. The van der Waals surface area contributed by atoms with Gasteiger partial charge in [0.05, 0.1) is 22.8 Å². The van der Waals surface area contributed by atoms with E-state index in [-0.39, 0.29) is 34.1 Å². The molecule has 7 heterocycles. The molecule has 2 saturated heterocycles. The van der Waals surface area contributed by atoms with Gasteiger partial charge in [0, 0.05) is 77.8 Å². The first-order chi connectivity index (χ1) is 35.5. The Hall–Kier alpha value is -3.16. The summed E-state index contributed by atoms with van der Waals surface area (Å²) in [6.45, 7) is 11.3. The minimum atomic E-state index is 0. The van der Waals surface area contributed by atoms with Crippen LogP contribution in [0.1, 0.15) is 73.4 Å². The predicted molar refractivity (Wildman–Crippen MR) is 306 cm³/mol. The van der Waals surface area contributed by atoms with E-state index in [9.17, 15) is 0 Å². The molecule has 4 aliphatic carbocycles. The Bertz CT molecular complexity index is 2610. The zero-order valence-electron chi connectivity index (χ0n) is 42.2. The van der Waals surface area contributed by atoms with Gasteiger partial charge in [-0.1, -0.05) is 74.5 Å². The Morgan fingerprint density at radius 3 is 1.04 bits per heavy atom. The molecule has 370 valence electrons. The van der Waals surface area contributed by atoms with Gasteiger partial charge < -0.3 is 9.80 Å². The van der Waals surface area contributed by atoms with E-state index in [1.807, 2.05) is 86.9 Å². The van der Waals surface area contributed by atoms with Crippen LogP contribution in [0.15, 0.2) is 84.9 Å². The summed E-state index contributed by atoms with van der Waals surface area (Å²) in [4.78, 5) is 16.6. The van der Waals surface area contributed by atoms with Gasteiger partial charge in [-0.15, -0.1) is 22.7 Å². The first kappa shape index (κ1) is 55.6. The number of piperidine rings is 2. The Morgan fingerprint density at radius 1 is 0.392 bits per heavy atom. The van der Waals surface area contributed by atoms with Gasteiger partial charge in [-0.3, -0.25) is 0 Å². The molecule has 2 aromatic carbocycles. The van der Waals surface area contributed by atoms with Crippen LogP contribution in [0.2, 0.25) is 0 Å². The molecular formula is C66H62Fe2N4S2+4. The molecule has 20 radical (unpaired) electrons. The van der Waals surface area contributed by atoms with Crippen molar-refractivity contribution >= 4 is 65.8 Å². The van der Waals surface area contributed by atoms with E-state index in [0.717, 1.165) is 85.0 Å². The molecule has 74 heavy (non-hydrogen) atoms. The average Bonchev–Trinajstić information content (AvgIpc) is 4.26. The summed E-state index contributed by atoms with van der Waals surface area (Å²) < 4.78 is 4.85. The summed E-state index contributed by atoms with van der Waals surface area (Å²) >= 11 is 3.72. The molecule has 0 atom stereocenters. The molecule has 4 nitrogen and oxygen atoms in total. The normalized spacial score (nSPS) is 20.2. The van der Waals surface area contributed by atoms with Gasteiger partial charge in [-0.25, -0.2) is 9.97 Å². The van der Waals surface area contributed by atoms with Gasteiger partial charge >= 0.3 is 34.1 Å². The molecule has 4 aliphatic heterocycles. The second-order valence-electron chi connectivity index (χ2n) is 19.8. The molecule has 0 spiro atoms. The molecule has 0 N–H and O–H groups in total. The number of rotatable bonds is 8. The minimum absolute atomic E-state index is 0. The molecule has 8 heteroatoms. The Balaban J connectivity index is 0.000000504. The maximum Gasteiger partial charge on any atom is 2.00 e. The molecule has 0 unspecified atom stereocenters. The number of benzene rings is 2. The quantitative estimate of drug-likeness (QED) is 0.142. The largest absolute Gasteiger partial charge is 2.00 e. The first-order valence-electron chi connectivity index (χ1n) is 25.9. The van der Waals surface area contributed by atoms with E-state index in [2.05, 4.69) is 171 Å². The monoisotopic (exact) mass is 1090 g/mol. The number of hydrogen-bond acceptors (Lipinski definition) is 6. The number of thiophene rings is 2. The second-order valence-corrected chi connectivity index (χ2v) is 21.9. The van der Waals surface area contributed by atoms with Crippen LogP contribution in [0.3, 0.4) is 0 Å². The van der Waals surface area contributed by atoms with Crippen LogP contribution >= 0.6 is 22.7 Å². The first-order valence-corrected chi connectivity index (χ1v) is 27.5. The molecule has 8 aliphatic rings. The number of nitrogens with zero attached hydrogens (tertiary/aromatic N) is 4. The number of likely N-dealkylation sites (tertiary alicyclic amines) is 2. The van der Waals surface area contributed by atoms with Crippen molar-refractivity contribution in [2.75, 3.05) is 39.3 Å². The van der Waals surface area contributed by atoms with Crippen LogP contribution in [0.25, 0.3) is 65.4 Å². The third-order valence-corrected chi connectivity index (χ3v) is 16.9. The van der Waals surface area contributed by atoms with Crippen molar-refractivity contribution in [3.63, 3.8) is 0 Å². The fraction of sp³-hybridized carbons (Fsp3) is 0.212. The SMILES string of the molecule is CC1CCN(C[C]2[CH][CH][CH][C]2c2c3nc(c(-c4ccccc4)c4ccc(s4)c(-c4ccccc4)c4nc(c([C]5[CH][CH][CH][C]5CN5CCC(C)CC5)c5ccc2s5)C=C4)C=C3)CC1.[CH]1[CH][CH][CH][CH]1.[CH]1[CH][CH][CH][CH]1.[Fe+2].[Fe+2]. The van der Waals surface area contributed by atoms with Gasteiger partial charge in [0.1, 0.15) is 0 Å². The minimum Gasteiger partial charge on any atom is -0.303 e. The number of hydrogen-bond donors (Lipinski definition) is 0. The summed E-state index contributed by atoms with van der Waals surface area (Å²) in [5, 5.41) is 0. The Morgan fingerprint density at radius 2 is 0.703 bits per heavy atom. The Labute approximate surface area is 474 Å². The Kier molecular flexibility index (Phi) is 20.2. The third-order valence-electron chi connectivity index (χ3n) is 14.6. The molecule has 6 fully saturated rings. The van der Waals surface area contributed by atoms with Crippen molar-refractivity contribution in [3.8, 4) is 22.3 Å². The molecular weight excluding hydrogens is 1020 g/mol. The van der Waals surface area contributed by atoms with Crippen molar-refractivity contribution in [1.29, 1.82) is 0 Å². The molecule has 8 bridgehead atoms. The number of aromatic nitrogens is 2. The molecule has 3 aromatic heterocycles. The summed E-state index contributed by atoms with van der Waals surface area (Å²) in [5.74, 6) is 6.92. The van der Waals surface area contributed by atoms with Crippen LogP contribution in [0.5, 0.6) is 0 Å². The molecule has 0 amide bonds. The maximum absolute atomic E-state index is 5.64. The maximum atomic E-state index is 5.64. The van der Waals surface area contributed by atoms with Gasteiger partial charge in [0.25, 0.3) is 0 Å². The van der Waals surface area contributed by atoms with Gasteiger partial charge in [0.15, 0.2) is 0 Å². The molecule has 5 aromatic rings. The van der Waals surface area contributed by atoms with E-state index in [4.69, 9.17) is 9.97 Å². The van der Waals surface area contributed by atoms with Gasteiger partial charge in [0.2, 0.25) is 0 Å². The van der Waals surface area contributed by atoms with Crippen molar-refractivity contribution in [3.05, 3.63) is 245 Å². The predicted octanol–water partition coefficient (Wildman–Crippen LogP) is 15.2. The zero-order chi connectivity index (χ0) is 48.6. The van der Waals surface area contributed by atoms with Crippen molar-refractivity contribution < 1.29 is 34.1 Å². The van der Waals surface area contributed by atoms with E-state index >= 15 is 0 Å². The average molecular weight is 1090 g/mol. The summed E-state index contributed by atoms with van der Waals surface area (Å²) in [6.07, 6.45) is 48.0. The number of fused-ring (bicyclic) bond motifs is 8. The summed E-state index contributed by atoms with van der Waals surface area (Å²) in [5.41, 5.74) is 11.1. The van der Waals surface area contributed by atoms with E-state index in [0.29, 0.717) is 0 Å². The van der Waals surface area contributed by atoms with Crippen LogP contribution in [0, 0.1) is 138 Å². The van der Waals surface area contributed by atoms with Crippen LogP contribution < -0.4 is 0 Å². The van der Waals surface area contributed by atoms with Crippen molar-refractivity contribution in [2.45, 2.75) is 39.5 Å². The van der Waals surface area contributed by atoms with E-state index < -0.39 is 0 Å². The summed E-state index contributed by atoms with van der Waals surface area (Å²) in [6, 6.07) is 30.9. The fourth-order valence-electron chi connectivity index (χ4n) is 10.6. The van der Waals surface area contributed by atoms with E-state index in [1.165, 1.54) is 90.4 Å². The van der Waals surface area contributed by atoms with Crippen LogP contribution in [-0.2, 0) is 34.1 Å². The van der Waals surface area contributed by atoms with Gasteiger partial charge in [-0.05, 0) is 226 Å². The zero-order valence-corrected chi connectivity index (χ0v) is 46.0. The van der Waals surface area contributed by atoms with E-state index in [1.54, 1.807) is 0 Å².